The van der Waals surface area contributed by atoms with Crippen LogP contribution in [0, 0.1) is 0 Å². The molecule has 4 rings (SSSR count). The highest BCUT2D eigenvalue weighted by Gasteiger charge is 2.15. The number of piperidine rings is 1. The van der Waals surface area contributed by atoms with Crippen LogP contribution in [0.1, 0.15) is 19.3 Å². The summed E-state index contributed by atoms with van der Waals surface area (Å²) >= 11 is 1.72. The zero-order valence-corrected chi connectivity index (χ0v) is 14.2. The zero-order valence-electron chi connectivity index (χ0n) is 13.4. The number of thiazole rings is 1. The molecular formula is C18H19N5S. The van der Waals surface area contributed by atoms with E-state index in [4.69, 9.17) is 4.98 Å². The number of nitrogens with zero attached hydrogens (tertiary/aromatic N) is 4. The van der Waals surface area contributed by atoms with E-state index in [1.807, 2.05) is 42.6 Å². The smallest absolute Gasteiger partial charge is 0.185 e. The third-order valence-electron chi connectivity index (χ3n) is 4.04. The van der Waals surface area contributed by atoms with Gasteiger partial charge in [-0.05, 0) is 43.5 Å². The van der Waals surface area contributed by atoms with Gasteiger partial charge in [-0.15, -0.1) is 0 Å². The van der Waals surface area contributed by atoms with Gasteiger partial charge in [-0.2, -0.15) is 0 Å². The molecule has 0 aliphatic carbocycles. The van der Waals surface area contributed by atoms with E-state index in [9.17, 15) is 0 Å². The molecule has 0 amide bonds. The van der Waals surface area contributed by atoms with Crippen molar-refractivity contribution in [2.24, 2.45) is 0 Å². The molecule has 0 bridgehead atoms. The van der Waals surface area contributed by atoms with Gasteiger partial charge in [0.2, 0.25) is 0 Å². The molecule has 3 aromatic heterocycles. The lowest BCUT2D eigenvalue weighted by atomic mass is 10.1. The summed E-state index contributed by atoms with van der Waals surface area (Å²) in [5, 5.41) is 4.34. The van der Waals surface area contributed by atoms with Crippen LogP contribution in [0.2, 0.25) is 0 Å². The Balaban J connectivity index is 1.54. The van der Waals surface area contributed by atoms with Crippen LogP contribution in [0.5, 0.6) is 0 Å². The first kappa shape index (κ1) is 15.1. The predicted octanol–water partition coefficient (Wildman–Crippen LogP) is 4.33. The van der Waals surface area contributed by atoms with Crippen LogP contribution in [0.25, 0.3) is 10.6 Å². The van der Waals surface area contributed by atoms with Crippen LogP contribution >= 0.6 is 11.3 Å². The Labute approximate surface area is 145 Å². The Kier molecular flexibility index (Phi) is 4.38. The molecule has 0 spiro atoms. The van der Waals surface area contributed by atoms with E-state index in [0.29, 0.717) is 0 Å². The Morgan fingerprint density at radius 1 is 0.917 bits per heavy atom. The second-order valence-corrected chi connectivity index (χ2v) is 6.81. The monoisotopic (exact) mass is 337 g/mol. The third-order valence-corrected chi connectivity index (χ3v) is 5.12. The molecule has 6 heteroatoms. The maximum Gasteiger partial charge on any atom is 0.185 e. The van der Waals surface area contributed by atoms with E-state index in [2.05, 4.69) is 20.2 Å². The highest BCUT2D eigenvalue weighted by atomic mass is 32.1. The summed E-state index contributed by atoms with van der Waals surface area (Å²) < 4.78 is 0. The second kappa shape index (κ2) is 6.97. The Hall–Kier alpha value is -2.47. The van der Waals surface area contributed by atoms with Crippen molar-refractivity contribution in [3.63, 3.8) is 0 Å². The van der Waals surface area contributed by atoms with Crippen LogP contribution in [-0.2, 0) is 0 Å². The van der Waals surface area contributed by atoms with Crippen molar-refractivity contribution in [2.45, 2.75) is 19.3 Å². The van der Waals surface area contributed by atoms with Gasteiger partial charge in [-0.1, -0.05) is 23.5 Å². The maximum absolute atomic E-state index is 4.70. The molecular weight excluding hydrogens is 318 g/mol. The van der Waals surface area contributed by atoms with Crippen molar-refractivity contribution >= 4 is 28.1 Å². The van der Waals surface area contributed by atoms with Gasteiger partial charge >= 0.3 is 0 Å². The minimum Gasteiger partial charge on any atom is -0.348 e. The molecule has 1 N–H and O–H groups in total. The summed E-state index contributed by atoms with van der Waals surface area (Å²) in [4.78, 5) is 17.1. The van der Waals surface area contributed by atoms with E-state index in [1.165, 1.54) is 19.3 Å². The highest BCUT2D eigenvalue weighted by Crippen LogP contribution is 2.32. The normalized spacial score (nSPS) is 14.6. The van der Waals surface area contributed by atoms with Crippen LogP contribution in [0.4, 0.5) is 16.8 Å². The molecule has 0 aromatic carbocycles. The average Bonchev–Trinajstić information content (AvgIpc) is 3.14. The lowest BCUT2D eigenvalue weighted by molar-refractivity contribution is 0.577. The first-order valence-electron chi connectivity index (χ1n) is 8.25. The van der Waals surface area contributed by atoms with Gasteiger partial charge in [0, 0.05) is 25.5 Å². The lowest BCUT2D eigenvalue weighted by Crippen LogP contribution is -2.29. The van der Waals surface area contributed by atoms with Gasteiger partial charge in [0.1, 0.15) is 11.6 Å². The van der Waals surface area contributed by atoms with Gasteiger partial charge in [0.25, 0.3) is 0 Å². The summed E-state index contributed by atoms with van der Waals surface area (Å²) in [6.45, 7) is 2.23. The number of hydrogen-bond acceptors (Lipinski definition) is 6. The van der Waals surface area contributed by atoms with E-state index in [-0.39, 0.29) is 0 Å². The molecule has 1 aliphatic rings. The number of aromatic nitrogens is 3. The van der Waals surface area contributed by atoms with Crippen molar-refractivity contribution in [1.29, 1.82) is 0 Å². The van der Waals surface area contributed by atoms with E-state index >= 15 is 0 Å². The SMILES string of the molecule is c1ccc(Nc2cccc(-c3cnc(N4CCCCC4)s3)n2)nc1. The van der Waals surface area contributed by atoms with Crippen molar-refractivity contribution in [1.82, 2.24) is 15.0 Å². The van der Waals surface area contributed by atoms with Gasteiger partial charge in [-0.25, -0.2) is 15.0 Å². The third kappa shape index (κ3) is 3.38. The minimum absolute atomic E-state index is 0.791. The van der Waals surface area contributed by atoms with Gasteiger partial charge in [-0.3, -0.25) is 0 Å². The van der Waals surface area contributed by atoms with Crippen LogP contribution in [0.15, 0.2) is 48.8 Å². The maximum atomic E-state index is 4.70. The quantitative estimate of drug-likeness (QED) is 0.768. The van der Waals surface area contributed by atoms with Crippen LogP contribution < -0.4 is 10.2 Å². The van der Waals surface area contributed by atoms with E-state index in [0.717, 1.165) is 40.4 Å². The first-order valence-corrected chi connectivity index (χ1v) is 9.06. The summed E-state index contributed by atoms with van der Waals surface area (Å²) in [7, 11) is 0. The molecule has 0 saturated carbocycles. The standard InChI is InChI=1S/C18H19N5S/c1-4-11-23(12-5-1)18-20-13-15(24-18)14-7-6-9-17(21-14)22-16-8-2-3-10-19-16/h2-3,6-10,13H,1,4-5,11-12H2,(H,19,21,22). The molecule has 24 heavy (non-hydrogen) atoms. The molecule has 1 aliphatic heterocycles. The first-order chi connectivity index (χ1) is 11.9. The fraction of sp³-hybridized carbons (Fsp3) is 0.278. The van der Waals surface area contributed by atoms with Crippen LogP contribution in [-0.4, -0.2) is 28.0 Å². The van der Waals surface area contributed by atoms with E-state index < -0.39 is 0 Å². The molecule has 0 unspecified atom stereocenters. The average molecular weight is 337 g/mol. The number of pyridine rings is 2. The summed E-state index contributed by atoms with van der Waals surface area (Å²) in [5.74, 6) is 1.58. The van der Waals surface area contributed by atoms with Gasteiger partial charge in [0.15, 0.2) is 5.13 Å². The van der Waals surface area contributed by atoms with E-state index in [1.54, 1.807) is 17.5 Å². The Bertz CT molecular complexity index is 796. The molecule has 0 atom stereocenters. The number of anilines is 3. The molecule has 4 heterocycles. The van der Waals surface area contributed by atoms with Crippen molar-refractivity contribution in [3.8, 4) is 10.6 Å². The zero-order chi connectivity index (χ0) is 16.2. The summed E-state index contributed by atoms with van der Waals surface area (Å²) in [6, 6.07) is 11.8. The topological polar surface area (TPSA) is 53.9 Å². The fourth-order valence-electron chi connectivity index (χ4n) is 2.82. The number of nitrogens with one attached hydrogen (secondary N) is 1. The summed E-state index contributed by atoms with van der Waals surface area (Å²) in [5.41, 5.74) is 0.941. The molecule has 122 valence electrons. The molecule has 3 aromatic rings. The predicted molar refractivity (Wildman–Crippen MR) is 98.9 cm³/mol. The molecule has 5 nitrogen and oxygen atoms in total. The largest absolute Gasteiger partial charge is 0.348 e. The number of rotatable bonds is 4. The highest BCUT2D eigenvalue weighted by molar-refractivity contribution is 7.18. The van der Waals surface area contributed by atoms with Crippen LogP contribution in [0.3, 0.4) is 0 Å². The molecule has 0 radical (unpaired) electrons. The minimum atomic E-state index is 0.791. The Morgan fingerprint density at radius 2 is 1.79 bits per heavy atom. The van der Waals surface area contributed by atoms with Gasteiger partial charge < -0.3 is 10.2 Å². The van der Waals surface area contributed by atoms with Crippen molar-refractivity contribution < 1.29 is 0 Å². The second-order valence-electron chi connectivity index (χ2n) is 5.80. The van der Waals surface area contributed by atoms with Gasteiger partial charge in [0.05, 0.1) is 10.6 Å². The molecule has 1 fully saturated rings. The van der Waals surface area contributed by atoms with Crippen molar-refractivity contribution in [2.75, 3.05) is 23.3 Å². The van der Waals surface area contributed by atoms with Crippen molar-refractivity contribution in [3.05, 3.63) is 48.8 Å². The summed E-state index contributed by atoms with van der Waals surface area (Å²) in [6.07, 6.45) is 7.55. The molecule has 1 saturated heterocycles. The number of hydrogen-bond donors (Lipinski definition) is 1. The Morgan fingerprint density at radius 3 is 2.62 bits per heavy atom. The fourth-order valence-corrected chi connectivity index (χ4v) is 3.76. The lowest BCUT2D eigenvalue weighted by Gasteiger charge is -2.25.